The molecule has 1 atom stereocenters. The Balaban J connectivity index is 2.07. The molecule has 0 aliphatic heterocycles. The quantitative estimate of drug-likeness (QED) is 0.684. The number of benzene rings is 1. The van der Waals surface area contributed by atoms with Crippen LogP contribution in [0.5, 0.6) is 0 Å². The van der Waals surface area contributed by atoms with Gasteiger partial charge in [-0.05, 0) is 54.9 Å². The van der Waals surface area contributed by atoms with Crippen molar-refractivity contribution in [2.45, 2.75) is 32.2 Å². The SMILES string of the molecule is CCCNC(CCc1cccs1)c1ccc(Cl)c(Cl)c1. The molecule has 1 heterocycles. The summed E-state index contributed by atoms with van der Waals surface area (Å²) in [6.07, 6.45) is 3.27. The molecule has 0 aliphatic carbocycles. The molecule has 1 nitrogen and oxygen atoms in total. The largest absolute Gasteiger partial charge is 0.310 e. The lowest BCUT2D eigenvalue weighted by molar-refractivity contribution is 0.501. The molecule has 1 aromatic heterocycles. The van der Waals surface area contributed by atoms with Crippen LogP contribution >= 0.6 is 34.5 Å². The number of aryl methyl sites for hydroxylation is 1. The Hall–Kier alpha value is -0.540. The van der Waals surface area contributed by atoms with E-state index in [1.807, 2.05) is 23.5 Å². The Morgan fingerprint density at radius 3 is 2.70 bits per heavy atom. The zero-order valence-electron chi connectivity index (χ0n) is 11.5. The fourth-order valence-corrected chi connectivity index (χ4v) is 3.21. The van der Waals surface area contributed by atoms with Crippen molar-refractivity contribution < 1.29 is 0 Å². The van der Waals surface area contributed by atoms with E-state index in [1.54, 1.807) is 0 Å². The zero-order valence-corrected chi connectivity index (χ0v) is 13.9. The van der Waals surface area contributed by atoms with Crippen LogP contribution < -0.4 is 5.32 Å². The summed E-state index contributed by atoms with van der Waals surface area (Å²) in [5, 5.41) is 6.97. The van der Waals surface area contributed by atoms with E-state index in [4.69, 9.17) is 23.2 Å². The summed E-state index contributed by atoms with van der Waals surface area (Å²) >= 11 is 13.9. The molecule has 1 N–H and O–H groups in total. The molecule has 2 rings (SSSR count). The van der Waals surface area contributed by atoms with E-state index in [1.165, 1.54) is 10.4 Å². The predicted molar refractivity (Wildman–Crippen MR) is 90.1 cm³/mol. The van der Waals surface area contributed by atoms with Gasteiger partial charge < -0.3 is 5.32 Å². The number of hydrogen-bond donors (Lipinski definition) is 1. The second kappa shape index (κ2) is 8.04. The van der Waals surface area contributed by atoms with E-state index < -0.39 is 0 Å². The van der Waals surface area contributed by atoms with Gasteiger partial charge in [0.2, 0.25) is 0 Å². The third kappa shape index (κ3) is 4.49. The normalized spacial score (nSPS) is 12.6. The van der Waals surface area contributed by atoms with E-state index >= 15 is 0 Å². The second-order valence-corrected chi connectivity index (χ2v) is 6.64. The van der Waals surface area contributed by atoms with Gasteiger partial charge >= 0.3 is 0 Å². The molecule has 0 saturated heterocycles. The summed E-state index contributed by atoms with van der Waals surface area (Å²) in [6, 6.07) is 10.5. The van der Waals surface area contributed by atoms with Gasteiger partial charge in [-0.25, -0.2) is 0 Å². The maximum Gasteiger partial charge on any atom is 0.0595 e. The molecular formula is C16H19Cl2NS. The molecule has 0 fully saturated rings. The number of rotatable bonds is 7. The van der Waals surface area contributed by atoms with Crippen molar-refractivity contribution >= 4 is 34.5 Å². The maximum atomic E-state index is 6.13. The number of thiophene rings is 1. The van der Waals surface area contributed by atoms with Gasteiger partial charge in [0, 0.05) is 10.9 Å². The molecule has 20 heavy (non-hydrogen) atoms. The van der Waals surface area contributed by atoms with Crippen molar-refractivity contribution in [3.05, 3.63) is 56.2 Å². The average molecular weight is 328 g/mol. The van der Waals surface area contributed by atoms with Gasteiger partial charge in [0.1, 0.15) is 0 Å². The van der Waals surface area contributed by atoms with Gasteiger partial charge in [-0.2, -0.15) is 0 Å². The fourth-order valence-electron chi connectivity index (χ4n) is 2.18. The maximum absolute atomic E-state index is 6.13. The van der Waals surface area contributed by atoms with Gasteiger partial charge in [0.15, 0.2) is 0 Å². The molecule has 2 aromatic rings. The number of halogens is 2. The Bertz CT molecular complexity index is 525. The molecule has 0 spiro atoms. The molecule has 108 valence electrons. The van der Waals surface area contributed by atoms with Crippen LogP contribution in [0.2, 0.25) is 10.0 Å². The fraction of sp³-hybridized carbons (Fsp3) is 0.375. The molecule has 1 aromatic carbocycles. The van der Waals surface area contributed by atoms with Crippen LogP contribution in [-0.2, 0) is 6.42 Å². The third-order valence-electron chi connectivity index (χ3n) is 3.25. The van der Waals surface area contributed by atoms with Gasteiger partial charge in [-0.1, -0.05) is 42.3 Å². The standard InChI is InChI=1S/C16H19Cl2NS/c1-2-9-19-16(8-6-13-4-3-10-20-13)12-5-7-14(17)15(18)11-12/h3-5,7,10-11,16,19H,2,6,8-9H2,1H3. The molecule has 1 unspecified atom stereocenters. The van der Waals surface area contributed by atoms with Crippen LogP contribution in [0.25, 0.3) is 0 Å². The monoisotopic (exact) mass is 327 g/mol. The van der Waals surface area contributed by atoms with E-state index in [-0.39, 0.29) is 0 Å². The van der Waals surface area contributed by atoms with Crippen molar-refractivity contribution in [1.82, 2.24) is 5.32 Å². The van der Waals surface area contributed by atoms with Gasteiger partial charge in [-0.3, -0.25) is 0 Å². The lowest BCUT2D eigenvalue weighted by Crippen LogP contribution is -2.22. The van der Waals surface area contributed by atoms with E-state index in [2.05, 4.69) is 35.8 Å². The molecule has 0 radical (unpaired) electrons. The van der Waals surface area contributed by atoms with Crippen LogP contribution in [0.15, 0.2) is 35.7 Å². The minimum absolute atomic E-state index is 0.326. The van der Waals surface area contributed by atoms with Gasteiger partial charge in [-0.15, -0.1) is 11.3 Å². The van der Waals surface area contributed by atoms with Crippen LogP contribution in [0, 0.1) is 0 Å². The second-order valence-electron chi connectivity index (χ2n) is 4.80. The van der Waals surface area contributed by atoms with Crippen LogP contribution in [0.1, 0.15) is 36.2 Å². The minimum Gasteiger partial charge on any atom is -0.310 e. The summed E-state index contributed by atoms with van der Waals surface area (Å²) in [5.41, 5.74) is 1.21. The lowest BCUT2D eigenvalue weighted by atomic mass is 10.0. The lowest BCUT2D eigenvalue weighted by Gasteiger charge is -2.19. The van der Waals surface area contributed by atoms with Crippen molar-refractivity contribution in [2.24, 2.45) is 0 Å². The number of hydrogen-bond acceptors (Lipinski definition) is 2. The highest BCUT2D eigenvalue weighted by atomic mass is 35.5. The smallest absolute Gasteiger partial charge is 0.0595 e. The summed E-state index contributed by atoms with van der Waals surface area (Å²) in [7, 11) is 0. The first kappa shape index (κ1) is 15.8. The van der Waals surface area contributed by atoms with Gasteiger partial charge in [0.25, 0.3) is 0 Å². The highest BCUT2D eigenvalue weighted by Gasteiger charge is 2.12. The molecule has 0 bridgehead atoms. The topological polar surface area (TPSA) is 12.0 Å². The summed E-state index contributed by atoms with van der Waals surface area (Å²) in [5.74, 6) is 0. The van der Waals surface area contributed by atoms with Crippen LogP contribution in [0.3, 0.4) is 0 Å². The third-order valence-corrected chi connectivity index (χ3v) is 4.92. The summed E-state index contributed by atoms with van der Waals surface area (Å²) in [4.78, 5) is 1.42. The van der Waals surface area contributed by atoms with E-state index in [0.717, 1.165) is 25.8 Å². The first-order chi connectivity index (χ1) is 9.70. The first-order valence-electron chi connectivity index (χ1n) is 6.91. The molecular weight excluding hydrogens is 309 g/mol. The Labute approximate surface area is 134 Å². The summed E-state index contributed by atoms with van der Waals surface area (Å²) < 4.78 is 0. The van der Waals surface area contributed by atoms with E-state index in [0.29, 0.717) is 16.1 Å². The molecule has 4 heteroatoms. The molecule has 0 saturated carbocycles. The molecule has 0 amide bonds. The van der Waals surface area contributed by atoms with E-state index in [9.17, 15) is 0 Å². The molecule has 0 aliphatic rings. The Morgan fingerprint density at radius 1 is 1.20 bits per heavy atom. The first-order valence-corrected chi connectivity index (χ1v) is 8.55. The minimum atomic E-state index is 0.326. The highest BCUT2D eigenvalue weighted by molar-refractivity contribution is 7.09. The van der Waals surface area contributed by atoms with Crippen LogP contribution in [0.4, 0.5) is 0 Å². The Kier molecular flexibility index (Phi) is 6.37. The van der Waals surface area contributed by atoms with Crippen molar-refractivity contribution in [1.29, 1.82) is 0 Å². The number of nitrogens with one attached hydrogen (secondary N) is 1. The van der Waals surface area contributed by atoms with Crippen LogP contribution in [-0.4, -0.2) is 6.54 Å². The van der Waals surface area contributed by atoms with Crippen molar-refractivity contribution in [3.8, 4) is 0 Å². The zero-order chi connectivity index (χ0) is 14.4. The van der Waals surface area contributed by atoms with Crippen molar-refractivity contribution in [2.75, 3.05) is 6.54 Å². The summed E-state index contributed by atoms with van der Waals surface area (Å²) in [6.45, 7) is 3.19. The highest BCUT2D eigenvalue weighted by Crippen LogP contribution is 2.28. The predicted octanol–water partition coefficient (Wildman–Crippen LogP) is 5.73. The van der Waals surface area contributed by atoms with Crippen molar-refractivity contribution in [3.63, 3.8) is 0 Å². The average Bonchev–Trinajstić information content (AvgIpc) is 2.95. The van der Waals surface area contributed by atoms with Gasteiger partial charge in [0.05, 0.1) is 10.0 Å². The Morgan fingerprint density at radius 2 is 2.05 bits per heavy atom.